The van der Waals surface area contributed by atoms with Crippen LogP contribution in [0.25, 0.3) is 0 Å². The van der Waals surface area contributed by atoms with Gasteiger partial charge in [0.15, 0.2) is 5.78 Å². The molecule has 0 spiro atoms. The van der Waals surface area contributed by atoms with E-state index in [1.54, 1.807) is 11.3 Å². The second-order valence-corrected chi connectivity index (χ2v) is 6.43. The van der Waals surface area contributed by atoms with Crippen molar-refractivity contribution >= 4 is 28.9 Å². The molecule has 1 aromatic rings. The fourth-order valence-electron chi connectivity index (χ4n) is 1.56. The lowest BCUT2D eigenvalue weighted by molar-refractivity contribution is 0.0949. The second-order valence-electron chi connectivity index (χ2n) is 3.98. The van der Waals surface area contributed by atoms with Crippen molar-refractivity contribution in [3.05, 3.63) is 21.4 Å². The predicted octanol–water partition coefficient (Wildman–Crippen LogP) is 2.84. The Labute approximate surface area is 106 Å². The van der Waals surface area contributed by atoms with Crippen LogP contribution in [-0.2, 0) is 0 Å². The van der Waals surface area contributed by atoms with Crippen LogP contribution < -0.4 is 0 Å². The molecule has 0 saturated carbocycles. The molecule has 0 saturated heterocycles. The van der Waals surface area contributed by atoms with Gasteiger partial charge in [0.05, 0.1) is 6.54 Å². The zero-order valence-electron chi connectivity index (χ0n) is 10.4. The highest BCUT2D eigenvalue weighted by Gasteiger charge is 2.13. The minimum absolute atomic E-state index is 0.241. The van der Waals surface area contributed by atoms with Crippen LogP contribution in [0.5, 0.6) is 0 Å². The first-order valence-electron chi connectivity index (χ1n) is 5.32. The first-order valence-corrected chi connectivity index (χ1v) is 7.53. The van der Waals surface area contributed by atoms with Gasteiger partial charge >= 0.3 is 0 Å². The monoisotopic (exact) mass is 257 g/mol. The van der Waals surface area contributed by atoms with Crippen LogP contribution >= 0.6 is 23.1 Å². The summed E-state index contributed by atoms with van der Waals surface area (Å²) >= 11 is 3.51. The van der Waals surface area contributed by atoms with E-state index in [4.69, 9.17) is 0 Å². The molecule has 1 aromatic heterocycles. The SMILES string of the molecule is CSCCN(C)CC(=O)c1cc(C)sc1C. The predicted molar refractivity (Wildman–Crippen MR) is 74.0 cm³/mol. The molecular formula is C12H19NOS2. The maximum atomic E-state index is 12.0. The van der Waals surface area contributed by atoms with Crippen LogP contribution in [0.1, 0.15) is 20.1 Å². The van der Waals surface area contributed by atoms with E-state index in [0.29, 0.717) is 6.54 Å². The zero-order chi connectivity index (χ0) is 12.1. The fraction of sp³-hybridized carbons (Fsp3) is 0.583. The van der Waals surface area contributed by atoms with Crippen LogP contribution in [0.4, 0.5) is 0 Å². The third-order valence-corrected chi connectivity index (χ3v) is 3.99. The fourth-order valence-corrected chi connectivity index (χ4v) is 3.00. The lowest BCUT2D eigenvalue weighted by atomic mass is 10.1. The summed E-state index contributed by atoms with van der Waals surface area (Å²) in [6.07, 6.45) is 2.09. The summed E-state index contributed by atoms with van der Waals surface area (Å²) in [7, 11) is 2.00. The van der Waals surface area contributed by atoms with Crippen molar-refractivity contribution in [1.29, 1.82) is 0 Å². The quantitative estimate of drug-likeness (QED) is 0.731. The standard InChI is InChI=1S/C12H19NOS2/c1-9-7-11(10(2)16-9)12(14)8-13(3)5-6-15-4/h7H,5-6,8H2,1-4H3. The molecule has 0 radical (unpaired) electrons. The van der Waals surface area contributed by atoms with Crippen molar-refractivity contribution in [2.45, 2.75) is 13.8 Å². The van der Waals surface area contributed by atoms with Crippen LogP contribution in [0.2, 0.25) is 0 Å². The van der Waals surface area contributed by atoms with Crippen LogP contribution in [0.15, 0.2) is 6.07 Å². The maximum Gasteiger partial charge on any atom is 0.177 e. The van der Waals surface area contributed by atoms with Gasteiger partial charge < -0.3 is 0 Å². The number of likely N-dealkylation sites (N-methyl/N-ethyl adjacent to an activating group) is 1. The lowest BCUT2D eigenvalue weighted by Crippen LogP contribution is -2.28. The summed E-state index contributed by atoms with van der Waals surface area (Å²) in [5.41, 5.74) is 0.901. The van der Waals surface area contributed by atoms with E-state index in [9.17, 15) is 4.79 Å². The Balaban J connectivity index is 2.55. The molecule has 0 N–H and O–H groups in total. The largest absolute Gasteiger partial charge is 0.298 e. The van der Waals surface area contributed by atoms with E-state index in [1.165, 1.54) is 4.88 Å². The van der Waals surface area contributed by atoms with Gasteiger partial charge in [-0.25, -0.2) is 0 Å². The van der Waals surface area contributed by atoms with Crippen molar-refractivity contribution in [3.8, 4) is 0 Å². The summed E-state index contributed by atoms with van der Waals surface area (Å²) in [6.45, 7) is 5.56. The molecule has 0 unspecified atom stereocenters. The number of ketones is 1. The van der Waals surface area contributed by atoms with Gasteiger partial charge in [-0.3, -0.25) is 9.69 Å². The normalized spacial score (nSPS) is 11.1. The lowest BCUT2D eigenvalue weighted by Gasteiger charge is -2.14. The number of thiophene rings is 1. The number of nitrogens with zero attached hydrogens (tertiary/aromatic N) is 1. The van der Waals surface area contributed by atoms with Gasteiger partial charge in [0.25, 0.3) is 0 Å². The molecule has 0 aromatic carbocycles. The van der Waals surface area contributed by atoms with Gasteiger partial charge in [-0.2, -0.15) is 11.8 Å². The molecule has 0 fully saturated rings. The average molecular weight is 257 g/mol. The van der Waals surface area contributed by atoms with Crippen molar-refractivity contribution in [1.82, 2.24) is 4.90 Å². The third kappa shape index (κ3) is 3.92. The number of Topliss-reactive ketones (excluding diaryl/α,β-unsaturated/α-hetero) is 1. The Bertz CT molecular complexity index is 360. The van der Waals surface area contributed by atoms with Gasteiger partial charge in [0.1, 0.15) is 0 Å². The number of aryl methyl sites for hydroxylation is 2. The Morgan fingerprint density at radius 1 is 1.50 bits per heavy atom. The van der Waals surface area contributed by atoms with E-state index in [-0.39, 0.29) is 5.78 Å². The van der Waals surface area contributed by atoms with E-state index in [2.05, 4.69) is 11.2 Å². The first-order chi connectivity index (χ1) is 7.54. The first kappa shape index (κ1) is 13.7. The molecule has 0 bridgehead atoms. The molecule has 4 heteroatoms. The van der Waals surface area contributed by atoms with Crippen LogP contribution in [-0.4, -0.2) is 42.8 Å². The van der Waals surface area contributed by atoms with E-state index >= 15 is 0 Å². The molecule has 0 amide bonds. The number of carbonyl (C=O) groups excluding carboxylic acids is 1. The van der Waals surface area contributed by atoms with Gasteiger partial charge in [0.2, 0.25) is 0 Å². The summed E-state index contributed by atoms with van der Waals surface area (Å²) in [4.78, 5) is 16.5. The molecule has 16 heavy (non-hydrogen) atoms. The van der Waals surface area contributed by atoms with E-state index in [1.807, 2.05) is 38.7 Å². The summed E-state index contributed by atoms with van der Waals surface area (Å²) in [5.74, 6) is 1.32. The third-order valence-electron chi connectivity index (χ3n) is 2.43. The van der Waals surface area contributed by atoms with Crippen molar-refractivity contribution in [2.75, 3.05) is 32.1 Å². The molecule has 2 nitrogen and oxygen atoms in total. The summed E-state index contributed by atoms with van der Waals surface area (Å²) in [5, 5.41) is 0. The van der Waals surface area contributed by atoms with Gasteiger partial charge in [-0.05, 0) is 33.2 Å². The molecule has 1 rings (SSSR count). The zero-order valence-corrected chi connectivity index (χ0v) is 12.0. The van der Waals surface area contributed by atoms with E-state index in [0.717, 1.165) is 22.7 Å². The van der Waals surface area contributed by atoms with Crippen molar-refractivity contribution < 1.29 is 4.79 Å². The van der Waals surface area contributed by atoms with Crippen molar-refractivity contribution in [3.63, 3.8) is 0 Å². The number of thioether (sulfide) groups is 1. The molecule has 0 aliphatic rings. The molecule has 90 valence electrons. The molecule has 0 aliphatic heterocycles. The van der Waals surface area contributed by atoms with Crippen LogP contribution in [0.3, 0.4) is 0 Å². The second kappa shape index (κ2) is 6.42. The van der Waals surface area contributed by atoms with E-state index < -0.39 is 0 Å². The van der Waals surface area contributed by atoms with Crippen molar-refractivity contribution in [2.24, 2.45) is 0 Å². The minimum atomic E-state index is 0.241. The number of carbonyl (C=O) groups is 1. The molecule has 1 heterocycles. The summed E-state index contributed by atoms with van der Waals surface area (Å²) in [6, 6.07) is 2.00. The maximum absolute atomic E-state index is 12.0. The summed E-state index contributed by atoms with van der Waals surface area (Å²) < 4.78 is 0. The molecular weight excluding hydrogens is 238 g/mol. The minimum Gasteiger partial charge on any atom is -0.298 e. The Morgan fingerprint density at radius 3 is 2.69 bits per heavy atom. The smallest absolute Gasteiger partial charge is 0.177 e. The number of hydrogen-bond acceptors (Lipinski definition) is 4. The average Bonchev–Trinajstić information content (AvgIpc) is 2.54. The van der Waals surface area contributed by atoms with Gasteiger partial charge in [-0.15, -0.1) is 11.3 Å². The number of rotatable bonds is 6. The number of hydrogen-bond donors (Lipinski definition) is 0. The van der Waals surface area contributed by atoms with Crippen LogP contribution in [0, 0.1) is 13.8 Å². The molecule has 0 atom stereocenters. The van der Waals surface area contributed by atoms with Gasteiger partial charge in [-0.1, -0.05) is 0 Å². The van der Waals surface area contributed by atoms with Gasteiger partial charge in [0, 0.05) is 27.6 Å². The highest BCUT2D eigenvalue weighted by molar-refractivity contribution is 7.98. The molecule has 0 aliphatic carbocycles. The highest BCUT2D eigenvalue weighted by atomic mass is 32.2. The highest BCUT2D eigenvalue weighted by Crippen LogP contribution is 2.21. The topological polar surface area (TPSA) is 20.3 Å². The Hall–Kier alpha value is -0.320. The Morgan fingerprint density at radius 2 is 2.19 bits per heavy atom. The Kier molecular flexibility index (Phi) is 5.52.